The number of carbonyl (C=O) groups excluding carboxylic acids is 2. The molecule has 4 rings (SSSR count). The molecule has 5 nitrogen and oxygen atoms in total. The average Bonchev–Trinajstić information content (AvgIpc) is 2.89. The fourth-order valence-corrected chi connectivity index (χ4v) is 3.84. The summed E-state index contributed by atoms with van der Waals surface area (Å²) in [5.41, 5.74) is 3.57. The molecule has 35 heavy (non-hydrogen) atoms. The van der Waals surface area contributed by atoms with Gasteiger partial charge in [0.1, 0.15) is 5.75 Å². The number of nitrogens with one attached hydrogen (secondary N) is 2. The molecule has 1 unspecified atom stereocenters. The first kappa shape index (κ1) is 24.0. The van der Waals surface area contributed by atoms with E-state index in [1.165, 1.54) is 0 Å². The quantitative estimate of drug-likeness (QED) is 0.257. The third-order valence-electron chi connectivity index (χ3n) is 5.48. The minimum absolute atomic E-state index is 0.0671. The zero-order valence-corrected chi connectivity index (χ0v) is 20.0. The van der Waals surface area contributed by atoms with Gasteiger partial charge in [0, 0.05) is 17.2 Å². The summed E-state index contributed by atoms with van der Waals surface area (Å²) in [5, 5.41) is 6.75. The molecule has 0 aliphatic heterocycles. The van der Waals surface area contributed by atoms with Crippen LogP contribution in [0.5, 0.6) is 5.75 Å². The van der Waals surface area contributed by atoms with Gasteiger partial charge in [-0.25, -0.2) is 0 Å². The highest BCUT2D eigenvalue weighted by Crippen LogP contribution is 2.26. The predicted octanol–water partition coefficient (Wildman–Crippen LogP) is 6.76. The lowest BCUT2D eigenvalue weighted by Crippen LogP contribution is -2.21. The van der Waals surface area contributed by atoms with Crippen LogP contribution in [-0.4, -0.2) is 18.3 Å². The zero-order valence-electron chi connectivity index (χ0n) is 19.2. The molecule has 176 valence electrons. The Hall–Kier alpha value is -4.09. The van der Waals surface area contributed by atoms with Crippen molar-refractivity contribution >= 4 is 34.7 Å². The van der Waals surface area contributed by atoms with Crippen molar-refractivity contribution in [3.63, 3.8) is 0 Å². The van der Waals surface area contributed by atoms with E-state index in [-0.39, 0.29) is 24.3 Å². The maximum atomic E-state index is 12.7. The summed E-state index contributed by atoms with van der Waals surface area (Å²) in [6.07, 6.45) is 0. The first-order chi connectivity index (χ1) is 17.0. The van der Waals surface area contributed by atoms with Crippen LogP contribution in [0, 0.1) is 0 Å². The molecule has 0 saturated carbocycles. The van der Waals surface area contributed by atoms with Crippen molar-refractivity contribution in [3.05, 3.63) is 125 Å². The third kappa shape index (κ3) is 6.28. The molecule has 4 aromatic carbocycles. The lowest BCUT2D eigenvalue weighted by molar-refractivity contribution is -0.118. The Balaban J connectivity index is 1.34. The molecular weight excluding hydrogens is 460 g/mol. The van der Waals surface area contributed by atoms with E-state index in [1.54, 1.807) is 48.5 Å². The molecule has 1 atom stereocenters. The van der Waals surface area contributed by atoms with E-state index < -0.39 is 0 Å². The van der Waals surface area contributed by atoms with Gasteiger partial charge in [0.2, 0.25) is 0 Å². The maximum absolute atomic E-state index is 12.7. The molecule has 0 bridgehead atoms. The van der Waals surface area contributed by atoms with E-state index in [1.807, 2.05) is 42.5 Å². The molecule has 0 heterocycles. The van der Waals surface area contributed by atoms with Crippen LogP contribution in [0.4, 0.5) is 11.4 Å². The van der Waals surface area contributed by atoms with Crippen LogP contribution in [0.15, 0.2) is 103 Å². The number of carbonyl (C=O) groups is 2. The van der Waals surface area contributed by atoms with Crippen molar-refractivity contribution in [3.8, 4) is 5.75 Å². The van der Waals surface area contributed by atoms with Crippen molar-refractivity contribution in [2.75, 3.05) is 17.2 Å². The number of ketones is 1. The molecule has 0 aliphatic rings. The van der Waals surface area contributed by atoms with Gasteiger partial charge in [-0.05, 0) is 61.0 Å². The molecule has 0 fully saturated rings. The number of halogens is 1. The number of hydrogen-bond donors (Lipinski definition) is 2. The molecular formula is C29H25ClN2O3. The summed E-state index contributed by atoms with van der Waals surface area (Å²) < 4.78 is 5.62. The highest BCUT2D eigenvalue weighted by molar-refractivity contribution is 6.35. The largest absolute Gasteiger partial charge is 0.484 e. The number of anilines is 2. The Labute approximate surface area is 209 Å². The Bertz CT molecular complexity index is 1310. The van der Waals surface area contributed by atoms with Gasteiger partial charge < -0.3 is 15.4 Å². The standard InChI is InChI=1S/C29H25ClN2O3/c1-20(21-9-3-2-4-10-21)31-26-13-7-8-14-27(26)32-28(33)19-35-23-17-15-22(16-18-23)29(34)24-11-5-6-12-25(24)30/h2-18,20,31H,19H2,1H3,(H,32,33). The van der Waals surface area contributed by atoms with Gasteiger partial charge in [0.25, 0.3) is 5.91 Å². The Morgan fingerprint density at radius 3 is 2.14 bits per heavy atom. The highest BCUT2D eigenvalue weighted by atomic mass is 35.5. The fourth-order valence-electron chi connectivity index (χ4n) is 3.61. The number of amides is 1. The van der Waals surface area contributed by atoms with Gasteiger partial charge >= 0.3 is 0 Å². The van der Waals surface area contributed by atoms with E-state index in [9.17, 15) is 9.59 Å². The van der Waals surface area contributed by atoms with Crippen LogP contribution >= 0.6 is 11.6 Å². The topological polar surface area (TPSA) is 67.4 Å². The minimum atomic E-state index is -0.289. The second-order valence-electron chi connectivity index (χ2n) is 7.99. The van der Waals surface area contributed by atoms with Gasteiger partial charge in [0.15, 0.2) is 12.4 Å². The molecule has 0 aromatic heterocycles. The van der Waals surface area contributed by atoms with E-state index >= 15 is 0 Å². The summed E-state index contributed by atoms with van der Waals surface area (Å²) >= 11 is 6.13. The van der Waals surface area contributed by atoms with Crippen LogP contribution in [0.1, 0.15) is 34.5 Å². The second kappa shape index (κ2) is 11.4. The van der Waals surface area contributed by atoms with Crippen LogP contribution in [0.25, 0.3) is 0 Å². The van der Waals surface area contributed by atoms with Crippen LogP contribution in [-0.2, 0) is 4.79 Å². The van der Waals surface area contributed by atoms with Gasteiger partial charge in [-0.3, -0.25) is 9.59 Å². The Kier molecular flexibility index (Phi) is 7.81. The first-order valence-corrected chi connectivity index (χ1v) is 11.6. The second-order valence-corrected chi connectivity index (χ2v) is 8.40. The lowest BCUT2D eigenvalue weighted by atomic mass is 10.0. The third-order valence-corrected chi connectivity index (χ3v) is 5.81. The lowest BCUT2D eigenvalue weighted by Gasteiger charge is -2.19. The van der Waals surface area contributed by atoms with Gasteiger partial charge in [-0.2, -0.15) is 0 Å². The number of rotatable bonds is 9. The molecule has 0 spiro atoms. The van der Waals surface area contributed by atoms with E-state index in [4.69, 9.17) is 16.3 Å². The molecule has 4 aromatic rings. The number of ether oxygens (including phenoxy) is 1. The van der Waals surface area contributed by atoms with Crippen LogP contribution < -0.4 is 15.4 Å². The van der Waals surface area contributed by atoms with E-state index in [0.717, 1.165) is 11.3 Å². The highest BCUT2D eigenvalue weighted by Gasteiger charge is 2.13. The first-order valence-electron chi connectivity index (χ1n) is 11.2. The zero-order chi connectivity index (χ0) is 24.6. The summed E-state index contributed by atoms with van der Waals surface area (Å²) in [6, 6.07) is 31.2. The Morgan fingerprint density at radius 1 is 0.800 bits per heavy atom. The van der Waals surface area contributed by atoms with E-state index in [2.05, 4.69) is 29.7 Å². The predicted molar refractivity (Wildman–Crippen MR) is 140 cm³/mol. The van der Waals surface area contributed by atoms with Gasteiger partial charge in [-0.15, -0.1) is 0 Å². The fraction of sp³-hybridized carbons (Fsp3) is 0.103. The van der Waals surface area contributed by atoms with Crippen molar-refractivity contribution < 1.29 is 14.3 Å². The van der Waals surface area contributed by atoms with Crippen molar-refractivity contribution in [2.45, 2.75) is 13.0 Å². The summed E-state index contributed by atoms with van der Waals surface area (Å²) in [6.45, 7) is 1.90. The summed E-state index contributed by atoms with van der Waals surface area (Å²) in [7, 11) is 0. The SMILES string of the molecule is CC(Nc1ccccc1NC(=O)COc1ccc(C(=O)c2ccccc2Cl)cc1)c1ccccc1. The molecule has 0 aliphatic carbocycles. The summed E-state index contributed by atoms with van der Waals surface area (Å²) in [5.74, 6) is 0.0246. The smallest absolute Gasteiger partial charge is 0.262 e. The van der Waals surface area contributed by atoms with Gasteiger partial charge in [0.05, 0.1) is 16.4 Å². The van der Waals surface area contributed by atoms with Gasteiger partial charge in [-0.1, -0.05) is 66.2 Å². The molecule has 0 saturated heterocycles. The summed E-state index contributed by atoms with van der Waals surface area (Å²) in [4.78, 5) is 25.2. The normalized spacial score (nSPS) is 11.4. The number of benzene rings is 4. The number of para-hydroxylation sites is 2. The molecule has 6 heteroatoms. The maximum Gasteiger partial charge on any atom is 0.262 e. The van der Waals surface area contributed by atoms with Crippen LogP contribution in [0.3, 0.4) is 0 Å². The van der Waals surface area contributed by atoms with E-state index in [0.29, 0.717) is 27.6 Å². The van der Waals surface area contributed by atoms with Crippen LogP contribution in [0.2, 0.25) is 5.02 Å². The monoisotopic (exact) mass is 484 g/mol. The molecule has 0 radical (unpaired) electrons. The van der Waals surface area contributed by atoms with Crippen molar-refractivity contribution in [1.29, 1.82) is 0 Å². The Morgan fingerprint density at radius 2 is 1.43 bits per heavy atom. The van der Waals surface area contributed by atoms with Crippen molar-refractivity contribution in [2.24, 2.45) is 0 Å². The molecule has 2 N–H and O–H groups in total. The average molecular weight is 485 g/mol. The van der Waals surface area contributed by atoms with Crippen molar-refractivity contribution in [1.82, 2.24) is 0 Å². The molecule has 1 amide bonds. The minimum Gasteiger partial charge on any atom is -0.484 e. The number of hydrogen-bond acceptors (Lipinski definition) is 4.